The summed E-state index contributed by atoms with van der Waals surface area (Å²) in [5, 5.41) is 3.24. The van der Waals surface area contributed by atoms with Crippen LogP contribution in [0.3, 0.4) is 0 Å². The van der Waals surface area contributed by atoms with Gasteiger partial charge in [0.2, 0.25) is 0 Å². The molecule has 0 saturated carbocycles. The predicted molar refractivity (Wildman–Crippen MR) is 76.5 cm³/mol. The number of para-hydroxylation sites is 1. The van der Waals surface area contributed by atoms with E-state index in [-0.39, 0.29) is 4.90 Å². The molecule has 102 valence electrons. The van der Waals surface area contributed by atoms with Gasteiger partial charge in [0.05, 0.1) is 16.3 Å². The molecule has 1 aromatic carbocycles. The van der Waals surface area contributed by atoms with Gasteiger partial charge in [-0.05, 0) is 18.1 Å². The molecule has 4 nitrogen and oxygen atoms in total. The summed E-state index contributed by atoms with van der Waals surface area (Å²) in [5.41, 5.74) is 6.91. The van der Waals surface area contributed by atoms with E-state index < -0.39 is 9.84 Å². The maximum absolute atomic E-state index is 11.5. The fourth-order valence-electron chi connectivity index (χ4n) is 1.85. The van der Waals surface area contributed by atoms with Gasteiger partial charge in [-0.3, -0.25) is 0 Å². The van der Waals surface area contributed by atoms with E-state index in [0.29, 0.717) is 17.3 Å². The molecule has 0 aliphatic heterocycles. The number of sulfone groups is 1. The lowest BCUT2D eigenvalue weighted by Crippen LogP contribution is -2.14. The van der Waals surface area contributed by atoms with Crippen LogP contribution in [0.4, 0.5) is 11.4 Å². The fraction of sp³-hybridized carbons (Fsp3) is 0.538. The number of hydrogen-bond acceptors (Lipinski definition) is 4. The summed E-state index contributed by atoms with van der Waals surface area (Å²) in [6.45, 7) is 5.10. The van der Waals surface area contributed by atoms with E-state index in [0.717, 1.165) is 19.4 Å². The Bertz CT molecular complexity index is 494. The van der Waals surface area contributed by atoms with Crippen molar-refractivity contribution in [2.45, 2.75) is 31.6 Å². The SMILES string of the molecule is CCC(CC)CNc1cccc(S(C)(=O)=O)c1N. The lowest BCUT2D eigenvalue weighted by molar-refractivity contribution is 0.519. The molecule has 0 aliphatic rings. The maximum atomic E-state index is 11.5. The van der Waals surface area contributed by atoms with Crippen molar-refractivity contribution in [2.24, 2.45) is 5.92 Å². The molecule has 0 atom stereocenters. The minimum Gasteiger partial charge on any atom is -0.396 e. The van der Waals surface area contributed by atoms with Crippen LogP contribution < -0.4 is 11.1 Å². The van der Waals surface area contributed by atoms with Crippen molar-refractivity contribution in [2.75, 3.05) is 23.9 Å². The third-order valence-electron chi connectivity index (χ3n) is 3.20. The zero-order valence-electron chi connectivity index (χ0n) is 11.2. The highest BCUT2D eigenvalue weighted by Gasteiger charge is 2.14. The second-order valence-corrected chi connectivity index (χ2v) is 6.54. The minimum atomic E-state index is -3.27. The predicted octanol–water partition coefficient (Wildman–Crippen LogP) is 2.52. The van der Waals surface area contributed by atoms with Crippen LogP contribution in [0.2, 0.25) is 0 Å². The molecule has 0 fully saturated rings. The van der Waals surface area contributed by atoms with Crippen LogP contribution in [0.25, 0.3) is 0 Å². The van der Waals surface area contributed by atoms with Gasteiger partial charge in [-0.25, -0.2) is 8.42 Å². The first kappa shape index (κ1) is 14.8. The summed E-state index contributed by atoms with van der Waals surface area (Å²) in [4.78, 5) is 0.192. The lowest BCUT2D eigenvalue weighted by Gasteiger charge is -2.16. The number of nitrogens with one attached hydrogen (secondary N) is 1. The molecule has 0 spiro atoms. The molecule has 0 amide bonds. The number of nitrogens with two attached hydrogens (primary N) is 1. The zero-order chi connectivity index (χ0) is 13.8. The first-order valence-corrected chi connectivity index (χ1v) is 8.11. The van der Waals surface area contributed by atoms with Crippen molar-refractivity contribution in [1.29, 1.82) is 0 Å². The Morgan fingerprint density at radius 1 is 1.28 bits per heavy atom. The van der Waals surface area contributed by atoms with Gasteiger partial charge in [-0.2, -0.15) is 0 Å². The zero-order valence-corrected chi connectivity index (χ0v) is 12.0. The van der Waals surface area contributed by atoms with E-state index in [4.69, 9.17) is 5.73 Å². The average molecular weight is 270 g/mol. The van der Waals surface area contributed by atoms with E-state index in [1.165, 1.54) is 12.3 Å². The number of rotatable bonds is 6. The van der Waals surface area contributed by atoms with Gasteiger partial charge in [0.15, 0.2) is 9.84 Å². The Balaban J connectivity index is 2.92. The Morgan fingerprint density at radius 3 is 2.39 bits per heavy atom. The molecular weight excluding hydrogens is 248 g/mol. The van der Waals surface area contributed by atoms with Crippen LogP contribution in [0.15, 0.2) is 23.1 Å². The Labute approximate surface area is 110 Å². The second-order valence-electron chi connectivity index (χ2n) is 4.55. The third kappa shape index (κ3) is 3.63. The molecule has 0 aliphatic carbocycles. The van der Waals surface area contributed by atoms with Gasteiger partial charge in [0.25, 0.3) is 0 Å². The maximum Gasteiger partial charge on any atom is 0.177 e. The van der Waals surface area contributed by atoms with Gasteiger partial charge in [-0.1, -0.05) is 32.8 Å². The largest absolute Gasteiger partial charge is 0.396 e. The van der Waals surface area contributed by atoms with E-state index in [2.05, 4.69) is 19.2 Å². The average Bonchev–Trinajstić information content (AvgIpc) is 2.30. The van der Waals surface area contributed by atoms with Crippen molar-refractivity contribution in [3.05, 3.63) is 18.2 Å². The highest BCUT2D eigenvalue weighted by Crippen LogP contribution is 2.27. The normalized spacial score (nSPS) is 11.8. The molecule has 18 heavy (non-hydrogen) atoms. The van der Waals surface area contributed by atoms with Crippen molar-refractivity contribution in [3.63, 3.8) is 0 Å². The highest BCUT2D eigenvalue weighted by atomic mass is 32.2. The number of benzene rings is 1. The van der Waals surface area contributed by atoms with E-state index >= 15 is 0 Å². The van der Waals surface area contributed by atoms with Gasteiger partial charge < -0.3 is 11.1 Å². The van der Waals surface area contributed by atoms with Crippen LogP contribution in [0.1, 0.15) is 26.7 Å². The quantitative estimate of drug-likeness (QED) is 0.779. The second kappa shape index (κ2) is 6.09. The first-order valence-electron chi connectivity index (χ1n) is 6.22. The molecule has 0 unspecified atom stereocenters. The van der Waals surface area contributed by atoms with Crippen LogP contribution in [-0.4, -0.2) is 21.2 Å². The molecule has 0 heterocycles. The highest BCUT2D eigenvalue weighted by molar-refractivity contribution is 7.90. The summed E-state index contributed by atoms with van der Waals surface area (Å²) in [5.74, 6) is 0.575. The van der Waals surface area contributed by atoms with Gasteiger partial charge in [-0.15, -0.1) is 0 Å². The van der Waals surface area contributed by atoms with Crippen molar-refractivity contribution < 1.29 is 8.42 Å². The molecular formula is C13H22N2O2S. The lowest BCUT2D eigenvalue weighted by atomic mass is 10.0. The Hall–Kier alpha value is -1.23. The van der Waals surface area contributed by atoms with Crippen LogP contribution in [0.5, 0.6) is 0 Å². The van der Waals surface area contributed by atoms with E-state index in [1.807, 2.05) is 6.07 Å². The number of nitrogen functional groups attached to an aromatic ring is 1. The monoisotopic (exact) mass is 270 g/mol. The molecule has 3 N–H and O–H groups in total. The van der Waals surface area contributed by atoms with Gasteiger partial charge >= 0.3 is 0 Å². The first-order chi connectivity index (χ1) is 8.40. The molecule has 5 heteroatoms. The summed E-state index contributed by atoms with van der Waals surface area (Å²) in [7, 11) is -3.27. The smallest absolute Gasteiger partial charge is 0.177 e. The van der Waals surface area contributed by atoms with Crippen molar-refractivity contribution in [1.82, 2.24) is 0 Å². The van der Waals surface area contributed by atoms with Crippen molar-refractivity contribution >= 4 is 21.2 Å². The Morgan fingerprint density at radius 2 is 1.89 bits per heavy atom. The molecule has 0 aromatic heterocycles. The molecule has 1 aromatic rings. The summed E-state index contributed by atoms with van der Waals surface area (Å²) < 4.78 is 23.1. The topological polar surface area (TPSA) is 72.2 Å². The van der Waals surface area contributed by atoms with Crippen LogP contribution >= 0.6 is 0 Å². The Kier molecular flexibility index (Phi) is 5.02. The molecule has 0 radical (unpaired) electrons. The summed E-state index contributed by atoms with van der Waals surface area (Å²) >= 11 is 0. The minimum absolute atomic E-state index is 0.192. The van der Waals surface area contributed by atoms with Gasteiger partial charge in [0, 0.05) is 12.8 Å². The van der Waals surface area contributed by atoms with E-state index in [9.17, 15) is 8.42 Å². The standard InChI is InChI=1S/C13H22N2O2S/c1-4-10(5-2)9-15-11-7-6-8-12(13(11)14)18(3,16)17/h6-8,10,15H,4-5,9,14H2,1-3H3. The third-order valence-corrected chi connectivity index (χ3v) is 4.36. The van der Waals surface area contributed by atoms with E-state index in [1.54, 1.807) is 6.07 Å². The molecule has 1 rings (SSSR count). The number of anilines is 2. The van der Waals surface area contributed by atoms with Gasteiger partial charge in [0.1, 0.15) is 0 Å². The van der Waals surface area contributed by atoms with Crippen LogP contribution in [-0.2, 0) is 9.84 Å². The fourth-order valence-corrected chi connectivity index (χ4v) is 2.69. The summed E-state index contributed by atoms with van der Waals surface area (Å²) in [6, 6.07) is 5.06. The molecule has 0 saturated heterocycles. The van der Waals surface area contributed by atoms with Crippen LogP contribution in [0, 0.1) is 5.92 Å². The molecule has 0 bridgehead atoms. The number of hydrogen-bond donors (Lipinski definition) is 2. The summed E-state index contributed by atoms with van der Waals surface area (Å²) in [6.07, 6.45) is 3.35. The van der Waals surface area contributed by atoms with Crippen molar-refractivity contribution in [3.8, 4) is 0 Å².